The van der Waals surface area contributed by atoms with Gasteiger partial charge in [0.05, 0.1) is 5.69 Å². The maximum Gasteiger partial charge on any atom is 0.356 e. The number of anilines is 1. The third kappa shape index (κ3) is 1.95. The predicted molar refractivity (Wildman–Crippen MR) is 65.1 cm³/mol. The molecule has 5 nitrogen and oxygen atoms in total. The number of nitrogens with two attached hydrogens (primary N) is 1. The summed E-state index contributed by atoms with van der Waals surface area (Å²) < 4.78 is 1.76. The first-order chi connectivity index (χ1) is 8.00. The van der Waals surface area contributed by atoms with Crippen LogP contribution in [0.4, 0.5) is 5.69 Å². The van der Waals surface area contributed by atoms with Gasteiger partial charge in [-0.05, 0) is 18.1 Å². The molecule has 0 amide bonds. The van der Waals surface area contributed by atoms with Crippen molar-refractivity contribution in [2.24, 2.45) is 5.92 Å². The third-order valence-electron chi connectivity index (χ3n) is 2.56. The molecule has 2 aromatic rings. The Morgan fingerprint density at radius 1 is 1.59 bits per heavy atom. The number of imidazole rings is 1. The molecule has 5 heteroatoms. The zero-order chi connectivity index (χ0) is 12.6. The molecular formula is C12H15N3O2. The van der Waals surface area contributed by atoms with Gasteiger partial charge in [0.1, 0.15) is 11.3 Å². The average Bonchev–Trinajstić information content (AvgIpc) is 2.58. The van der Waals surface area contributed by atoms with E-state index in [0.29, 0.717) is 17.1 Å². The van der Waals surface area contributed by atoms with Crippen molar-refractivity contribution in [1.82, 2.24) is 9.38 Å². The molecule has 0 aliphatic rings. The van der Waals surface area contributed by atoms with Crippen LogP contribution in [-0.2, 0) is 6.42 Å². The van der Waals surface area contributed by atoms with E-state index in [9.17, 15) is 4.79 Å². The molecule has 2 heterocycles. The highest BCUT2D eigenvalue weighted by molar-refractivity contribution is 5.97. The molecule has 90 valence electrons. The third-order valence-corrected chi connectivity index (χ3v) is 2.56. The summed E-state index contributed by atoms with van der Waals surface area (Å²) >= 11 is 0. The maximum atomic E-state index is 11.1. The van der Waals surface area contributed by atoms with Crippen LogP contribution in [0.25, 0.3) is 5.52 Å². The molecule has 0 aliphatic heterocycles. The van der Waals surface area contributed by atoms with Gasteiger partial charge in [0.2, 0.25) is 0 Å². The summed E-state index contributed by atoms with van der Waals surface area (Å²) in [7, 11) is 0. The van der Waals surface area contributed by atoms with E-state index in [1.165, 1.54) is 0 Å². The van der Waals surface area contributed by atoms with Crippen LogP contribution in [0.5, 0.6) is 0 Å². The number of pyridine rings is 1. The Morgan fingerprint density at radius 3 is 2.88 bits per heavy atom. The highest BCUT2D eigenvalue weighted by atomic mass is 16.4. The Kier molecular flexibility index (Phi) is 2.75. The molecule has 3 N–H and O–H groups in total. The molecule has 0 aromatic carbocycles. The average molecular weight is 233 g/mol. The predicted octanol–water partition coefficient (Wildman–Crippen LogP) is 1.81. The first-order valence-corrected chi connectivity index (χ1v) is 5.49. The van der Waals surface area contributed by atoms with Gasteiger partial charge in [-0.1, -0.05) is 13.8 Å². The Labute approximate surface area is 98.9 Å². The standard InChI is InChI=1S/C12H15N3O2/c1-7(2)6-9-14-10(12(16)17)11-8(13)4-3-5-15(9)11/h3-5,7H,6,13H2,1-2H3,(H,16,17). The van der Waals surface area contributed by atoms with Gasteiger partial charge >= 0.3 is 5.97 Å². The number of hydrogen-bond acceptors (Lipinski definition) is 3. The van der Waals surface area contributed by atoms with Gasteiger partial charge < -0.3 is 15.2 Å². The van der Waals surface area contributed by atoms with Crippen LogP contribution in [-0.4, -0.2) is 20.5 Å². The number of carboxylic acids is 1. The van der Waals surface area contributed by atoms with Crippen molar-refractivity contribution in [1.29, 1.82) is 0 Å². The molecule has 2 aromatic heterocycles. The van der Waals surface area contributed by atoms with Gasteiger partial charge in [0, 0.05) is 12.6 Å². The SMILES string of the molecule is CC(C)Cc1nc(C(=O)O)c2c(N)cccn12. The van der Waals surface area contributed by atoms with E-state index in [1.54, 1.807) is 22.7 Å². The van der Waals surface area contributed by atoms with Gasteiger partial charge in [-0.25, -0.2) is 9.78 Å². The Balaban J connectivity index is 2.71. The second-order valence-electron chi connectivity index (χ2n) is 4.46. The first-order valence-electron chi connectivity index (χ1n) is 5.49. The summed E-state index contributed by atoms with van der Waals surface area (Å²) in [6.45, 7) is 4.13. The monoisotopic (exact) mass is 233 g/mol. The van der Waals surface area contributed by atoms with Crippen molar-refractivity contribution in [2.75, 3.05) is 5.73 Å². The molecule has 0 radical (unpaired) electrons. The first kappa shape index (κ1) is 11.4. The largest absolute Gasteiger partial charge is 0.476 e. The quantitative estimate of drug-likeness (QED) is 0.847. The van der Waals surface area contributed by atoms with E-state index < -0.39 is 5.97 Å². The minimum absolute atomic E-state index is 0.0266. The summed E-state index contributed by atoms with van der Waals surface area (Å²) in [5, 5.41) is 9.12. The van der Waals surface area contributed by atoms with Crippen molar-refractivity contribution in [2.45, 2.75) is 20.3 Å². The molecule has 0 unspecified atom stereocenters. The lowest BCUT2D eigenvalue weighted by atomic mass is 10.1. The van der Waals surface area contributed by atoms with Crippen LogP contribution in [0, 0.1) is 5.92 Å². The second kappa shape index (κ2) is 4.08. The normalized spacial score (nSPS) is 11.2. The van der Waals surface area contributed by atoms with Gasteiger partial charge in [0.25, 0.3) is 0 Å². The molecule has 0 saturated heterocycles. The van der Waals surface area contributed by atoms with E-state index in [-0.39, 0.29) is 5.69 Å². The highest BCUT2D eigenvalue weighted by Crippen LogP contribution is 2.21. The maximum absolute atomic E-state index is 11.1. The number of hydrogen-bond donors (Lipinski definition) is 2. The zero-order valence-corrected chi connectivity index (χ0v) is 9.84. The number of aromatic carboxylic acids is 1. The zero-order valence-electron chi connectivity index (χ0n) is 9.84. The Bertz CT molecular complexity index is 572. The smallest absolute Gasteiger partial charge is 0.356 e. The van der Waals surface area contributed by atoms with Gasteiger partial charge in [-0.3, -0.25) is 0 Å². The number of aromatic nitrogens is 2. The van der Waals surface area contributed by atoms with Crippen molar-refractivity contribution < 1.29 is 9.90 Å². The van der Waals surface area contributed by atoms with E-state index in [1.807, 2.05) is 0 Å². The minimum Gasteiger partial charge on any atom is -0.476 e. The fourth-order valence-corrected chi connectivity index (χ4v) is 1.89. The number of fused-ring (bicyclic) bond motifs is 1. The number of carboxylic acid groups (broad SMARTS) is 1. The van der Waals surface area contributed by atoms with E-state index >= 15 is 0 Å². The molecule has 0 atom stereocenters. The van der Waals surface area contributed by atoms with Crippen molar-refractivity contribution in [3.8, 4) is 0 Å². The highest BCUT2D eigenvalue weighted by Gasteiger charge is 2.18. The number of carbonyl (C=O) groups is 1. The van der Waals surface area contributed by atoms with Crippen LogP contribution >= 0.6 is 0 Å². The van der Waals surface area contributed by atoms with Crippen molar-refractivity contribution in [3.63, 3.8) is 0 Å². The lowest BCUT2D eigenvalue weighted by molar-refractivity contribution is 0.0693. The lowest BCUT2D eigenvalue weighted by Crippen LogP contribution is -2.00. The molecule has 17 heavy (non-hydrogen) atoms. The summed E-state index contributed by atoms with van der Waals surface area (Å²) in [6.07, 6.45) is 2.51. The molecule has 0 saturated carbocycles. The van der Waals surface area contributed by atoms with Crippen LogP contribution in [0.1, 0.15) is 30.2 Å². The van der Waals surface area contributed by atoms with Crippen LogP contribution < -0.4 is 5.73 Å². The number of nitrogens with zero attached hydrogens (tertiary/aromatic N) is 2. The fraction of sp³-hybridized carbons (Fsp3) is 0.333. The van der Waals surface area contributed by atoms with E-state index in [4.69, 9.17) is 10.8 Å². The minimum atomic E-state index is -1.05. The molecule has 0 bridgehead atoms. The van der Waals surface area contributed by atoms with Crippen LogP contribution in [0.3, 0.4) is 0 Å². The molecule has 0 fully saturated rings. The number of rotatable bonds is 3. The molecule has 0 spiro atoms. The van der Waals surface area contributed by atoms with Gasteiger partial charge in [-0.2, -0.15) is 0 Å². The van der Waals surface area contributed by atoms with E-state index in [2.05, 4.69) is 18.8 Å². The number of nitrogen functional groups attached to an aromatic ring is 1. The molecular weight excluding hydrogens is 218 g/mol. The summed E-state index contributed by atoms with van der Waals surface area (Å²) in [6, 6.07) is 3.47. The van der Waals surface area contributed by atoms with Crippen LogP contribution in [0.2, 0.25) is 0 Å². The summed E-state index contributed by atoms with van der Waals surface area (Å²) in [5.74, 6) is 0.0961. The van der Waals surface area contributed by atoms with Gasteiger partial charge in [0.15, 0.2) is 5.69 Å². The van der Waals surface area contributed by atoms with Crippen molar-refractivity contribution >= 4 is 17.2 Å². The van der Waals surface area contributed by atoms with Gasteiger partial charge in [-0.15, -0.1) is 0 Å². The fourth-order valence-electron chi connectivity index (χ4n) is 1.89. The topological polar surface area (TPSA) is 80.6 Å². The summed E-state index contributed by atoms with van der Waals surface area (Å²) in [5.41, 5.74) is 6.76. The lowest BCUT2D eigenvalue weighted by Gasteiger charge is -2.04. The van der Waals surface area contributed by atoms with Crippen LogP contribution in [0.15, 0.2) is 18.3 Å². The van der Waals surface area contributed by atoms with Crippen molar-refractivity contribution in [3.05, 3.63) is 29.8 Å². The Morgan fingerprint density at radius 2 is 2.29 bits per heavy atom. The van der Waals surface area contributed by atoms with E-state index in [0.717, 1.165) is 12.2 Å². The summed E-state index contributed by atoms with van der Waals surface area (Å²) in [4.78, 5) is 15.3. The Hall–Kier alpha value is -2.04. The second-order valence-corrected chi connectivity index (χ2v) is 4.46. The molecule has 2 rings (SSSR count). The molecule has 0 aliphatic carbocycles.